The zero-order chi connectivity index (χ0) is 21.8. The number of anilines is 1. The normalized spacial score (nSPS) is 16.5. The number of rotatable bonds is 6. The number of carbonyl (C=O) groups is 1. The minimum absolute atomic E-state index is 0.135. The number of esters is 1. The van der Waals surface area contributed by atoms with Crippen molar-refractivity contribution in [2.45, 2.75) is 26.8 Å². The second-order valence-corrected chi connectivity index (χ2v) is 7.57. The molecule has 1 N–H and O–H groups in total. The second kappa shape index (κ2) is 9.36. The Kier molecular flexibility index (Phi) is 6.84. The lowest BCUT2D eigenvalue weighted by Gasteiger charge is -2.38. The van der Waals surface area contributed by atoms with Gasteiger partial charge in [0, 0.05) is 12.8 Å². The van der Waals surface area contributed by atoms with Gasteiger partial charge in [-0.15, -0.1) is 0 Å². The first-order valence-electron chi connectivity index (χ1n) is 9.63. The summed E-state index contributed by atoms with van der Waals surface area (Å²) in [4.78, 5) is 14.9. The molecule has 0 spiro atoms. The number of nitrogens with one attached hydrogen (secondary N) is 1. The van der Waals surface area contributed by atoms with Gasteiger partial charge < -0.3 is 14.8 Å². The molecule has 0 amide bonds. The molecule has 1 unspecified atom stereocenters. The van der Waals surface area contributed by atoms with Crippen molar-refractivity contribution in [1.82, 2.24) is 5.32 Å². The minimum Gasteiger partial charge on any atom is -0.460 e. The molecule has 1 heterocycles. The van der Waals surface area contributed by atoms with Crippen molar-refractivity contribution in [3.63, 3.8) is 0 Å². The molecule has 2 aromatic carbocycles. The summed E-state index contributed by atoms with van der Waals surface area (Å²) in [6.07, 6.45) is 0. The van der Waals surface area contributed by atoms with Crippen LogP contribution in [0.3, 0.4) is 0 Å². The number of methoxy groups -OCH3 is 1. The number of carbonyl (C=O) groups excluding carboxylic acids is 1. The van der Waals surface area contributed by atoms with E-state index in [1.165, 1.54) is 12.1 Å². The summed E-state index contributed by atoms with van der Waals surface area (Å²) < 4.78 is 23.9. The monoisotopic (exact) mass is 428 g/mol. The van der Waals surface area contributed by atoms with Gasteiger partial charge in [0.1, 0.15) is 12.4 Å². The van der Waals surface area contributed by atoms with Crippen LogP contribution in [0, 0.1) is 19.7 Å². The largest absolute Gasteiger partial charge is 0.460 e. The van der Waals surface area contributed by atoms with Crippen LogP contribution in [0.1, 0.15) is 29.7 Å². The molecule has 0 radical (unpaired) electrons. The highest BCUT2D eigenvalue weighted by molar-refractivity contribution is 7.80. The van der Waals surface area contributed by atoms with Gasteiger partial charge >= 0.3 is 5.97 Å². The molecule has 0 aromatic heterocycles. The van der Waals surface area contributed by atoms with Crippen LogP contribution in [-0.4, -0.2) is 31.4 Å². The maximum atomic E-state index is 13.5. The van der Waals surface area contributed by atoms with Gasteiger partial charge in [0.2, 0.25) is 0 Å². The van der Waals surface area contributed by atoms with Crippen LogP contribution in [0.15, 0.2) is 53.7 Å². The molecule has 2 aromatic rings. The van der Waals surface area contributed by atoms with Crippen LogP contribution in [0.2, 0.25) is 0 Å². The Morgan fingerprint density at radius 2 is 1.83 bits per heavy atom. The predicted octanol–water partition coefficient (Wildman–Crippen LogP) is 4.34. The van der Waals surface area contributed by atoms with E-state index in [0.29, 0.717) is 23.0 Å². The van der Waals surface area contributed by atoms with Crippen molar-refractivity contribution in [3.05, 3.63) is 76.2 Å². The fraction of sp³-hybridized carbons (Fsp3) is 0.304. The molecule has 0 fully saturated rings. The van der Waals surface area contributed by atoms with Crippen LogP contribution in [0.5, 0.6) is 0 Å². The first-order chi connectivity index (χ1) is 14.3. The molecular weight excluding hydrogens is 403 g/mol. The summed E-state index contributed by atoms with van der Waals surface area (Å²) in [5, 5.41) is 3.71. The van der Waals surface area contributed by atoms with Crippen LogP contribution >= 0.6 is 12.2 Å². The number of hydrogen-bond donors (Lipinski definition) is 1. The fourth-order valence-electron chi connectivity index (χ4n) is 3.46. The number of halogens is 1. The minimum atomic E-state index is -0.547. The van der Waals surface area contributed by atoms with E-state index in [1.807, 2.05) is 43.9 Å². The highest BCUT2D eigenvalue weighted by Crippen LogP contribution is 2.35. The van der Waals surface area contributed by atoms with Crippen molar-refractivity contribution < 1.29 is 18.7 Å². The van der Waals surface area contributed by atoms with Crippen molar-refractivity contribution in [1.29, 1.82) is 0 Å². The van der Waals surface area contributed by atoms with Gasteiger partial charge in [-0.3, -0.25) is 4.90 Å². The molecule has 1 aliphatic rings. The van der Waals surface area contributed by atoms with Gasteiger partial charge in [0.25, 0.3) is 0 Å². The molecule has 0 saturated carbocycles. The lowest BCUT2D eigenvalue weighted by atomic mass is 9.94. The molecule has 7 heteroatoms. The first kappa shape index (κ1) is 21.9. The predicted molar refractivity (Wildman–Crippen MR) is 119 cm³/mol. The quantitative estimate of drug-likeness (QED) is 0.420. The van der Waals surface area contributed by atoms with E-state index in [2.05, 4.69) is 5.32 Å². The summed E-state index contributed by atoms with van der Waals surface area (Å²) in [6, 6.07) is 11.5. The molecule has 1 aliphatic heterocycles. The Labute approximate surface area is 181 Å². The highest BCUT2D eigenvalue weighted by Gasteiger charge is 2.36. The van der Waals surface area contributed by atoms with Gasteiger partial charge in [0.15, 0.2) is 5.11 Å². The number of nitrogens with zero attached hydrogens (tertiary/aromatic N) is 1. The van der Waals surface area contributed by atoms with Gasteiger partial charge in [-0.1, -0.05) is 24.3 Å². The Hall–Kier alpha value is -2.77. The molecule has 0 bridgehead atoms. The number of hydrogen-bond acceptors (Lipinski definition) is 4. The van der Waals surface area contributed by atoms with Crippen LogP contribution < -0.4 is 10.2 Å². The lowest BCUT2D eigenvalue weighted by molar-refractivity contribution is -0.140. The van der Waals surface area contributed by atoms with E-state index >= 15 is 0 Å². The van der Waals surface area contributed by atoms with Crippen molar-refractivity contribution in [3.8, 4) is 0 Å². The van der Waals surface area contributed by atoms with E-state index < -0.39 is 12.0 Å². The smallest absolute Gasteiger partial charge is 0.338 e. The molecule has 0 aliphatic carbocycles. The average molecular weight is 429 g/mol. The number of ether oxygens (including phenoxy) is 2. The van der Waals surface area contributed by atoms with Crippen LogP contribution in [-0.2, 0) is 14.3 Å². The number of benzene rings is 2. The summed E-state index contributed by atoms with van der Waals surface area (Å²) in [5.41, 5.74) is 4.81. The topological polar surface area (TPSA) is 50.8 Å². The van der Waals surface area contributed by atoms with E-state index in [4.69, 9.17) is 21.7 Å². The number of thiocarbonyl (C=S) groups is 1. The van der Waals surface area contributed by atoms with Crippen LogP contribution in [0.25, 0.3) is 0 Å². The molecule has 5 nitrogen and oxygen atoms in total. The average Bonchev–Trinajstić information content (AvgIpc) is 2.70. The summed E-state index contributed by atoms with van der Waals surface area (Å²) >= 11 is 5.67. The van der Waals surface area contributed by atoms with Gasteiger partial charge in [-0.25, -0.2) is 9.18 Å². The number of allylic oxidation sites excluding steroid dienone is 1. The molecular formula is C23H25FN2O3S. The first-order valence-corrected chi connectivity index (χ1v) is 10.0. The third kappa shape index (κ3) is 4.52. The van der Waals surface area contributed by atoms with E-state index in [0.717, 1.165) is 22.4 Å². The Balaban J connectivity index is 2.10. The van der Waals surface area contributed by atoms with E-state index in [-0.39, 0.29) is 12.4 Å². The second-order valence-electron chi connectivity index (χ2n) is 7.19. The number of aryl methyl sites for hydroxylation is 2. The third-order valence-electron chi connectivity index (χ3n) is 5.03. The van der Waals surface area contributed by atoms with E-state index in [9.17, 15) is 9.18 Å². The standard InChI is InChI=1S/C23H25FN2O3S/c1-14-5-6-15(2)19(13-14)26-16(3)20(22(27)29-12-11-28-4)21(25-23(26)30)17-7-9-18(24)10-8-17/h5-10,13,21H,11-12H2,1-4H3,(H,25,30). The summed E-state index contributed by atoms with van der Waals surface area (Å²) in [5.74, 6) is -0.816. The fourth-order valence-corrected chi connectivity index (χ4v) is 3.81. The maximum Gasteiger partial charge on any atom is 0.338 e. The van der Waals surface area contributed by atoms with Gasteiger partial charge in [-0.2, -0.15) is 0 Å². The zero-order valence-corrected chi connectivity index (χ0v) is 18.3. The molecule has 0 saturated heterocycles. The zero-order valence-electron chi connectivity index (χ0n) is 17.5. The molecule has 1 atom stereocenters. The Morgan fingerprint density at radius 3 is 2.50 bits per heavy atom. The Morgan fingerprint density at radius 1 is 1.13 bits per heavy atom. The molecule has 158 valence electrons. The molecule has 30 heavy (non-hydrogen) atoms. The summed E-state index contributed by atoms with van der Waals surface area (Å²) in [7, 11) is 1.54. The highest BCUT2D eigenvalue weighted by atomic mass is 32.1. The Bertz CT molecular complexity index is 988. The summed E-state index contributed by atoms with van der Waals surface area (Å²) in [6.45, 7) is 6.28. The van der Waals surface area contributed by atoms with Crippen molar-refractivity contribution in [2.75, 3.05) is 25.2 Å². The van der Waals surface area contributed by atoms with Crippen molar-refractivity contribution >= 4 is 29.0 Å². The maximum absolute atomic E-state index is 13.5. The van der Waals surface area contributed by atoms with Crippen LogP contribution in [0.4, 0.5) is 10.1 Å². The van der Waals surface area contributed by atoms with Gasteiger partial charge in [0.05, 0.1) is 23.9 Å². The third-order valence-corrected chi connectivity index (χ3v) is 5.33. The van der Waals surface area contributed by atoms with Crippen molar-refractivity contribution in [2.24, 2.45) is 0 Å². The lowest BCUT2D eigenvalue weighted by Crippen LogP contribution is -2.48. The molecule has 3 rings (SSSR count). The van der Waals surface area contributed by atoms with Gasteiger partial charge in [-0.05, 0) is 67.9 Å². The van der Waals surface area contributed by atoms with E-state index in [1.54, 1.807) is 19.2 Å². The SMILES string of the molecule is COCCOC(=O)C1=C(C)N(c2cc(C)ccc2C)C(=S)NC1c1ccc(F)cc1.